The maximum Gasteiger partial charge on any atom is 0.326 e. The van der Waals surface area contributed by atoms with E-state index < -0.39 is 30.7 Å². The number of fused-ring (bicyclic) bond motifs is 2. The summed E-state index contributed by atoms with van der Waals surface area (Å²) in [4.78, 5) is 0. The van der Waals surface area contributed by atoms with Crippen LogP contribution in [0, 0.1) is 0 Å². The van der Waals surface area contributed by atoms with Gasteiger partial charge in [0.1, 0.15) is 0 Å². The minimum absolute atomic E-state index is 0.474. The van der Waals surface area contributed by atoms with Gasteiger partial charge in [-0.2, -0.15) is 8.78 Å². The first-order chi connectivity index (χ1) is 8.63. The zero-order valence-electron chi connectivity index (χ0n) is 9.88. The molecule has 2 heterocycles. The van der Waals surface area contributed by atoms with Gasteiger partial charge < -0.3 is 14.2 Å². The Bertz CT molecular complexity index is 424. The Kier molecular flexibility index (Phi) is 2.84. The van der Waals surface area contributed by atoms with E-state index in [1.165, 1.54) is 0 Å². The first-order valence-corrected chi connectivity index (χ1v) is 6.02. The molecule has 0 amide bonds. The van der Waals surface area contributed by atoms with Crippen LogP contribution >= 0.6 is 0 Å². The van der Waals surface area contributed by atoms with Crippen molar-refractivity contribution in [2.24, 2.45) is 0 Å². The highest BCUT2D eigenvalue weighted by Gasteiger charge is 2.64. The standard InChI is InChI=1S/C13H14F2O3/c1-2-9-10-13(14,15)12(16-9)18-11(17-10)8-6-4-3-5-7-8/h3-7,9-12H,2H2,1H3/t9-,10?,11?,12-/m1/s1. The summed E-state index contributed by atoms with van der Waals surface area (Å²) in [6.07, 6.45) is -3.66. The molecule has 2 aliphatic heterocycles. The first-order valence-electron chi connectivity index (χ1n) is 6.02. The van der Waals surface area contributed by atoms with Crippen molar-refractivity contribution in [3.63, 3.8) is 0 Å². The summed E-state index contributed by atoms with van der Waals surface area (Å²) in [5, 5.41) is 0. The molecular formula is C13H14F2O3. The van der Waals surface area contributed by atoms with Gasteiger partial charge in [-0.05, 0) is 6.42 Å². The fraction of sp³-hybridized carbons (Fsp3) is 0.538. The Morgan fingerprint density at radius 3 is 2.50 bits per heavy atom. The highest BCUT2D eigenvalue weighted by Crippen LogP contribution is 2.47. The predicted molar refractivity (Wildman–Crippen MR) is 59.0 cm³/mol. The quantitative estimate of drug-likeness (QED) is 0.814. The normalized spacial score (nSPS) is 37.7. The number of ether oxygens (including phenoxy) is 3. The van der Waals surface area contributed by atoms with Gasteiger partial charge in [0.15, 0.2) is 12.4 Å². The van der Waals surface area contributed by atoms with Crippen molar-refractivity contribution in [1.82, 2.24) is 0 Å². The van der Waals surface area contributed by atoms with Crippen LogP contribution in [0.15, 0.2) is 30.3 Å². The van der Waals surface area contributed by atoms with Crippen molar-refractivity contribution in [2.75, 3.05) is 0 Å². The Hall–Kier alpha value is -1.04. The number of hydrogen-bond acceptors (Lipinski definition) is 3. The van der Waals surface area contributed by atoms with Crippen LogP contribution in [0.2, 0.25) is 0 Å². The zero-order chi connectivity index (χ0) is 12.8. The molecule has 0 saturated carbocycles. The topological polar surface area (TPSA) is 27.7 Å². The van der Waals surface area contributed by atoms with E-state index >= 15 is 0 Å². The van der Waals surface area contributed by atoms with Crippen molar-refractivity contribution in [1.29, 1.82) is 0 Å². The Morgan fingerprint density at radius 2 is 1.83 bits per heavy atom. The molecule has 0 aliphatic carbocycles. The van der Waals surface area contributed by atoms with Gasteiger partial charge in [0, 0.05) is 5.56 Å². The predicted octanol–water partition coefficient (Wildman–Crippen LogP) is 2.87. The lowest BCUT2D eigenvalue weighted by Crippen LogP contribution is -2.48. The molecule has 2 unspecified atom stereocenters. The van der Waals surface area contributed by atoms with Gasteiger partial charge in [-0.1, -0.05) is 37.3 Å². The van der Waals surface area contributed by atoms with E-state index in [2.05, 4.69) is 0 Å². The van der Waals surface area contributed by atoms with E-state index in [-0.39, 0.29) is 0 Å². The molecule has 0 spiro atoms. The first kappa shape index (κ1) is 12.0. The molecule has 5 heteroatoms. The molecule has 1 aromatic rings. The lowest BCUT2D eigenvalue weighted by Gasteiger charge is -2.34. The number of hydrogen-bond donors (Lipinski definition) is 0. The fourth-order valence-corrected chi connectivity index (χ4v) is 2.36. The molecule has 0 aromatic heterocycles. The highest BCUT2D eigenvalue weighted by atomic mass is 19.3. The molecular weight excluding hydrogens is 242 g/mol. The fourth-order valence-electron chi connectivity index (χ4n) is 2.36. The van der Waals surface area contributed by atoms with E-state index in [1.54, 1.807) is 19.1 Å². The largest absolute Gasteiger partial charge is 0.341 e. The lowest BCUT2D eigenvalue weighted by atomic mass is 10.1. The van der Waals surface area contributed by atoms with Crippen molar-refractivity contribution >= 4 is 0 Å². The molecule has 0 radical (unpaired) electrons. The van der Waals surface area contributed by atoms with Gasteiger partial charge in [-0.25, -0.2) is 0 Å². The third-order valence-corrected chi connectivity index (χ3v) is 3.32. The molecule has 18 heavy (non-hydrogen) atoms. The molecule has 98 valence electrons. The molecule has 2 fully saturated rings. The second-order valence-corrected chi connectivity index (χ2v) is 4.52. The maximum atomic E-state index is 13.8. The lowest BCUT2D eigenvalue weighted by molar-refractivity contribution is -0.344. The average molecular weight is 256 g/mol. The van der Waals surface area contributed by atoms with Crippen LogP contribution in [0.4, 0.5) is 8.78 Å². The van der Waals surface area contributed by atoms with Gasteiger partial charge in [0.2, 0.25) is 6.29 Å². The van der Waals surface area contributed by atoms with E-state index in [1.807, 2.05) is 18.2 Å². The second kappa shape index (κ2) is 4.26. The summed E-state index contributed by atoms with van der Waals surface area (Å²) < 4.78 is 43.4. The number of benzene rings is 1. The number of alkyl halides is 2. The van der Waals surface area contributed by atoms with Crippen LogP contribution in [0.3, 0.4) is 0 Å². The average Bonchev–Trinajstić information content (AvgIpc) is 2.56. The van der Waals surface area contributed by atoms with Gasteiger partial charge in [-0.3, -0.25) is 0 Å². The van der Waals surface area contributed by atoms with Gasteiger partial charge in [0.05, 0.1) is 6.10 Å². The summed E-state index contributed by atoms with van der Waals surface area (Å²) in [6, 6.07) is 9.05. The zero-order valence-corrected chi connectivity index (χ0v) is 9.88. The van der Waals surface area contributed by atoms with Crippen LogP contribution in [0.1, 0.15) is 25.2 Å². The molecule has 1 aromatic carbocycles. The summed E-state index contributed by atoms with van der Waals surface area (Å²) in [5.74, 6) is -3.08. The second-order valence-electron chi connectivity index (χ2n) is 4.52. The van der Waals surface area contributed by atoms with Crippen LogP contribution in [0.25, 0.3) is 0 Å². The van der Waals surface area contributed by atoms with Crippen LogP contribution < -0.4 is 0 Å². The molecule has 3 nitrogen and oxygen atoms in total. The Balaban J connectivity index is 1.85. The summed E-state index contributed by atoms with van der Waals surface area (Å²) in [7, 11) is 0. The third-order valence-electron chi connectivity index (χ3n) is 3.32. The monoisotopic (exact) mass is 256 g/mol. The van der Waals surface area contributed by atoms with E-state index in [9.17, 15) is 8.78 Å². The molecule has 2 bridgehead atoms. The smallest absolute Gasteiger partial charge is 0.326 e. The summed E-state index contributed by atoms with van der Waals surface area (Å²) in [6.45, 7) is 1.79. The summed E-state index contributed by atoms with van der Waals surface area (Å²) in [5.41, 5.74) is 0.725. The molecule has 4 atom stereocenters. The van der Waals surface area contributed by atoms with Crippen LogP contribution in [-0.4, -0.2) is 24.4 Å². The Morgan fingerprint density at radius 1 is 1.11 bits per heavy atom. The molecule has 2 saturated heterocycles. The van der Waals surface area contributed by atoms with E-state index in [4.69, 9.17) is 14.2 Å². The van der Waals surface area contributed by atoms with Crippen molar-refractivity contribution in [3.8, 4) is 0 Å². The minimum atomic E-state index is -3.08. The van der Waals surface area contributed by atoms with Crippen molar-refractivity contribution in [3.05, 3.63) is 35.9 Å². The summed E-state index contributed by atoms with van der Waals surface area (Å²) >= 11 is 0. The van der Waals surface area contributed by atoms with E-state index in [0.717, 1.165) is 5.56 Å². The molecule has 0 N–H and O–H groups in total. The molecule has 3 rings (SSSR count). The van der Waals surface area contributed by atoms with Crippen molar-refractivity contribution < 1.29 is 23.0 Å². The van der Waals surface area contributed by atoms with Crippen LogP contribution in [-0.2, 0) is 14.2 Å². The maximum absolute atomic E-state index is 13.8. The SMILES string of the molecule is CC[C@H]1O[C@@H]2OC(c3ccccc3)OC1C2(F)F. The van der Waals surface area contributed by atoms with Gasteiger partial charge >= 0.3 is 5.92 Å². The highest BCUT2D eigenvalue weighted by molar-refractivity contribution is 5.17. The third kappa shape index (κ3) is 1.74. The van der Waals surface area contributed by atoms with E-state index in [0.29, 0.717) is 6.42 Å². The van der Waals surface area contributed by atoms with Crippen LogP contribution in [0.5, 0.6) is 0 Å². The van der Waals surface area contributed by atoms with Gasteiger partial charge in [0.25, 0.3) is 0 Å². The minimum Gasteiger partial charge on any atom is -0.341 e. The Labute approximate surface area is 104 Å². The molecule has 2 aliphatic rings. The van der Waals surface area contributed by atoms with Gasteiger partial charge in [-0.15, -0.1) is 0 Å². The van der Waals surface area contributed by atoms with Crippen molar-refractivity contribution in [2.45, 2.75) is 44.1 Å². The number of halogens is 2. The number of rotatable bonds is 2.